The monoisotopic (exact) mass is 319 g/mol. The molecular weight excluding hydrogens is 302 g/mol. The van der Waals surface area contributed by atoms with Gasteiger partial charge in [-0.25, -0.2) is 0 Å². The summed E-state index contributed by atoms with van der Waals surface area (Å²) in [5.41, 5.74) is 9.39. The highest BCUT2D eigenvalue weighted by Gasteiger charge is 2.15. The van der Waals surface area contributed by atoms with E-state index in [0.717, 1.165) is 15.8 Å². The molecule has 0 fully saturated rings. The molecule has 2 N–H and O–H groups in total. The fraction of sp³-hybridized carbons (Fsp3) is 0.250. The van der Waals surface area contributed by atoms with Gasteiger partial charge in [-0.2, -0.15) is 0 Å². The van der Waals surface area contributed by atoms with Gasteiger partial charge in [-0.1, -0.05) is 30.3 Å². The standard InChI is InChI=1S/C16H18BrNO/c1-11-7-8-15(14(17)9-11)19-16(10-18)13-6-4-3-5-12(13)2/h3-9,16H,10,18H2,1-2H3. The van der Waals surface area contributed by atoms with Gasteiger partial charge >= 0.3 is 0 Å². The minimum Gasteiger partial charge on any atom is -0.483 e. The number of rotatable bonds is 4. The van der Waals surface area contributed by atoms with Crippen LogP contribution in [0.5, 0.6) is 5.75 Å². The maximum Gasteiger partial charge on any atom is 0.136 e. The average molecular weight is 320 g/mol. The summed E-state index contributed by atoms with van der Waals surface area (Å²) in [6.07, 6.45) is -0.125. The van der Waals surface area contributed by atoms with Crippen LogP contribution < -0.4 is 10.5 Å². The zero-order valence-corrected chi connectivity index (χ0v) is 12.8. The molecule has 100 valence electrons. The molecule has 0 spiro atoms. The van der Waals surface area contributed by atoms with Crippen molar-refractivity contribution in [2.45, 2.75) is 20.0 Å². The molecule has 0 aliphatic rings. The highest BCUT2D eigenvalue weighted by atomic mass is 79.9. The highest BCUT2D eigenvalue weighted by Crippen LogP contribution is 2.30. The van der Waals surface area contributed by atoms with Crippen molar-refractivity contribution < 1.29 is 4.74 Å². The average Bonchev–Trinajstić information content (AvgIpc) is 2.39. The van der Waals surface area contributed by atoms with Gasteiger partial charge in [0, 0.05) is 6.54 Å². The van der Waals surface area contributed by atoms with Crippen molar-refractivity contribution in [1.29, 1.82) is 0 Å². The zero-order valence-electron chi connectivity index (χ0n) is 11.2. The topological polar surface area (TPSA) is 35.2 Å². The fourth-order valence-corrected chi connectivity index (χ4v) is 2.63. The Morgan fingerprint density at radius 1 is 1.16 bits per heavy atom. The minimum absolute atomic E-state index is 0.125. The molecule has 0 aliphatic carbocycles. The Balaban J connectivity index is 2.27. The molecule has 19 heavy (non-hydrogen) atoms. The lowest BCUT2D eigenvalue weighted by molar-refractivity contribution is 0.212. The van der Waals surface area contributed by atoms with Gasteiger partial charge in [0.2, 0.25) is 0 Å². The summed E-state index contributed by atoms with van der Waals surface area (Å²) < 4.78 is 7.00. The molecule has 3 heteroatoms. The van der Waals surface area contributed by atoms with Crippen molar-refractivity contribution in [2.24, 2.45) is 5.73 Å². The van der Waals surface area contributed by atoms with Gasteiger partial charge in [0.1, 0.15) is 11.9 Å². The first-order valence-electron chi connectivity index (χ1n) is 6.30. The molecule has 1 atom stereocenters. The Morgan fingerprint density at radius 3 is 2.53 bits per heavy atom. The predicted octanol–water partition coefficient (Wildman–Crippen LogP) is 4.14. The van der Waals surface area contributed by atoms with Gasteiger partial charge in [0.25, 0.3) is 0 Å². The van der Waals surface area contributed by atoms with E-state index in [2.05, 4.69) is 41.9 Å². The molecule has 0 aromatic heterocycles. The molecule has 1 unspecified atom stereocenters. The Kier molecular flexibility index (Phi) is 4.61. The predicted molar refractivity (Wildman–Crippen MR) is 82.5 cm³/mol. The Bertz CT molecular complexity index is 568. The second-order valence-corrected chi connectivity index (χ2v) is 5.49. The second kappa shape index (κ2) is 6.22. The molecule has 0 saturated carbocycles. The van der Waals surface area contributed by atoms with E-state index in [-0.39, 0.29) is 6.10 Å². The van der Waals surface area contributed by atoms with Gasteiger partial charge in [-0.3, -0.25) is 0 Å². The summed E-state index contributed by atoms with van der Waals surface area (Å²) >= 11 is 3.53. The summed E-state index contributed by atoms with van der Waals surface area (Å²) in [5.74, 6) is 0.823. The molecule has 0 aliphatic heterocycles. The van der Waals surface area contributed by atoms with Crippen LogP contribution in [-0.4, -0.2) is 6.54 Å². The normalized spacial score (nSPS) is 12.2. The van der Waals surface area contributed by atoms with E-state index >= 15 is 0 Å². The Hall–Kier alpha value is -1.32. The van der Waals surface area contributed by atoms with E-state index in [1.165, 1.54) is 11.1 Å². The summed E-state index contributed by atoms with van der Waals surface area (Å²) in [6.45, 7) is 4.58. The molecule has 2 nitrogen and oxygen atoms in total. The van der Waals surface area contributed by atoms with Crippen LogP contribution in [0.3, 0.4) is 0 Å². The maximum atomic E-state index is 6.04. The van der Waals surface area contributed by atoms with Crippen LogP contribution in [-0.2, 0) is 0 Å². The molecule has 0 saturated heterocycles. The molecular formula is C16H18BrNO. The zero-order chi connectivity index (χ0) is 13.8. The van der Waals surface area contributed by atoms with Gasteiger partial charge in [-0.05, 0) is 58.6 Å². The van der Waals surface area contributed by atoms with Crippen LogP contribution in [0.25, 0.3) is 0 Å². The smallest absolute Gasteiger partial charge is 0.136 e. The number of nitrogens with two attached hydrogens (primary N) is 1. The van der Waals surface area contributed by atoms with E-state index < -0.39 is 0 Å². The van der Waals surface area contributed by atoms with Crippen LogP contribution in [0, 0.1) is 13.8 Å². The highest BCUT2D eigenvalue weighted by molar-refractivity contribution is 9.10. The van der Waals surface area contributed by atoms with Crippen LogP contribution in [0.2, 0.25) is 0 Å². The van der Waals surface area contributed by atoms with Crippen LogP contribution >= 0.6 is 15.9 Å². The number of hydrogen-bond donors (Lipinski definition) is 1. The van der Waals surface area contributed by atoms with Crippen molar-refractivity contribution in [3.8, 4) is 5.75 Å². The van der Waals surface area contributed by atoms with Gasteiger partial charge in [0.05, 0.1) is 4.47 Å². The third kappa shape index (κ3) is 3.37. The van der Waals surface area contributed by atoms with Crippen LogP contribution in [0.15, 0.2) is 46.9 Å². The van der Waals surface area contributed by atoms with Gasteiger partial charge < -0.3 is 10.5 Å². The number of halogens is 1. The van der Waals surface area contributed by atoms with E-state index in [1.54, 1.807) is 0 Å². The molecule has 0 amide bonds. The largest absolute Gasteiger partial charge is 0.483 e. The third-order valence-electron chi connectivity index (χ3n) is 3.11. The summed E-state index contributed by atoms with van der Waals surface area (Å²) in [4.78, 5) is 0. The molecule has 0 heterocycles. The first kappa shape index (κ1) is 14.1. The molecule has 2 rings (SSSR count). The number of ether oxygens (including phenoxy) is 1. The molecule has 0 radical (unpaired) electrons. The van der Waals surface area contributed by atoms with E-state index in [0.29, 0.717) is 6.54 Å². The van der Waals surface area contributed by atoms with Crippen molar-refractivity contribution in [3.05, 3.63) is 63.6 Å². The first-order chi connectivity index (χ1) is 9.11. The van der Waals surface area contributed by atoms with Gasteiger partial charge in [-0.15, -0.1) is 0 Å². The van der Waals surface area contributed by atoms with Crippen molar-refractivity contribution >= 4 is 15.9 Å². The van der Waals surface area contributed by atoms with E-state index in [9.17, 15) is 0 Å². The summed E-state index contributed by atoms with van der Waals surface area (Å²) in [5, 5.41) is 0. The number of aryl methyl sites for hydroxylation is 2. The fourth-order valence-electron chi connectivity index (χ4n) is 2.04. The third-order valence-corrected chi connectivity index (χ3v) is 3.73. The number of hydrogen-bond acceptors (Lipinski definition) is 2. The first-order valence-corrected chi connectivity index (χ1v) is 7.09. The minimum atomic E-state index is -0.125. The SMILES string of the molecule is Cc1ccc(OC(CN)c2ccccc2C)c(Br)c1. The van der Waals surface area contributed by atoms with Crippen molar-refractivity contribution in [3.63, 3.8) is 0 Å². The van der Waals surface area contributed by atoms with Crippen LogP contribution in [0.4, 0.5) is 0 Å². The van der Waals surface area contributed by atoms with Crippen molar-refractivity contribution in [1.82, 2.24) is 0 Å². The van der Waals surface area contributed by atoms with Gasteiger partial charge in [0.15, 0.2) is 0 Å². The lowest BCUT2D eigenvalue weighted by atomic mass is 10.0. The molecule has 2 aromatic carbocycles. The lowest BCUT2D eigenvalue weighted by Gasteiger charge is -2.20. The summed E-state index contributed by atoms with van der Waals surface area (Å²) in [6, 6.07) is 14.2. The van der Waals surface area contributed by atoms with Crippen molar-refractivity contribution in [2.75, 3.05) is 6.54 Å². The second-order valence-electron chi connectivity index (χ2n) is 4.63. The lowest BCUT2D eigenvalue weighted by Crippen LogP contribution is -2.19. The Morgan fingerprint density at radius 2 is 1.89 bits per heavy atom. The quantitative estimate of drug-likeness (QED) is 0.919. The van der Waals surface area contributed by atoms with E-state index in [4.69, 9.17) is 10.5 Å². The Labute approximate surface area is 122 Å². The van der Waals surface area contributed by atoms with Crippen LogP contribution in [0.1, 0.15) is 22.8 Å². The maximum absolute atomic E-state index is 6.04. The van der Waals surface area contributed by atoms with E-state index in [1.807, 2.05) is 30.3 Å². The molecule has 0 bridgehead atoms. The number of benzene rings is 2. The summed E-state index contributed by atoms with van der Waals surface area (Å²) in [7, 11) is 0. The molecule has 2 aromatic rings.